The molecule has 1 saturated heterocycles. The third-order valence-electron chi connectivity index (χ3n) is 4.08. The summed E-state index contributed by atoms with van der Waals surface area (Å²) in [5.74, 6) is 0.578. The number of hydrogen-bond donors (Lipinski definition) is 3. The van der Waals surface area contributed by atoms with E-state index in [9.17, 15) is 13.2 Å². The van der Waals surface area contributed by atoms with Gasteiger partial charge in [0.25, 0.3) is 0 Å². The summed E-state index contributed by atoms with van der Waals surface area (Å²) in [4.78, 5) is 11.9. The van der Waals surface area contributed by atoms with Crippen LogP contribution in [0.3, 0.4) is 0 Å². The molecule has 1 fully saturated rings. The predicted octanol–water partition coefficient (Wildman–Crippen LogP) is 1.51. The van der Waals surface area contributed by atoms with Crippen molar-refractivity contribution in [3.63, 3.8) is 0 Å². The second kappa shape index (κ2) is 9.36. The Morgan fingerprint density at radius 2 is 2.00 bits per heavy atom. The lowest BCUT2D eigenvalue weighted by Gasteiger charge is -2.22. The van der Waals surface area contributed by atoms with Gasteiger partial charge in [-0.2, -0.15) is 0 Å². The van der Waals surface area contributed by atoms with E-state index in [1.807, 2.05) is 0 Å². The number of hydrogen-bond acceptors (Lipinski definition) is 4. The van der Waals surface area contributed by atoms with E-state index in [2.05, 4.69) is 15.4 Å². The maximum absolute atomic E-state index is 12.1. The number of piperidine rings is 1. The third kappa shape index (κ3) is 6.39. The second-order valence-electron chi connectivity index (χ2n) is 5.94. The quantitative estimate of drug-likeness (QED) is 0.603. The molecule has 0 aliphatic carbocycles. The Hall–Kier alpha value is -1.15. The van der Waals surface area contributed by atoms with Gasteiger partial charge in [0.1, 0.15) is 0 Å². The first-order valence-electron chi connectivity index (χ1n) is 8.20. The van der Waals surface area contributed by atoms with Crippen molar-refractivity contribution in [1.29, 1.82) is 0 Å². The van der Waals surface area contributed by atoms with E-state index in [0.29, 0.717) is 17.4 Å². The van der Waals surface area contributed by atoms with Crippen molar-refractivity contribution in [3.05, 3.63) is 29.3 Å². The lowest BCUT2D eigenvalue weighted by atomic mass is 9.93. The van der Waals surface area contributed by atoms with Crippen LogP contribution in [-0.4, -0.2) is 40.5 Å². The van der Waals surface area contributed by atoms with Crippen molar-refractivity contribution in [2.75, 3.05) is 26.2 Å². The summed E-state index contributed by atoms with van der Waals surface area (Å²) in [5, 5.41) is 6.42. The molecule has 2 rings (SSSR count). The minimum atomic E-state index is -3.60. The summed E-state index contributed by atoms with van der Waals surface area (Å²) in [5.41, 5.74) is 0. The van der Waals surface area contributed by atoms with Crippen LogP contribution < -0.4 is 15.4 Å². The predicted molar refractivity (Wildman–Crippen MR) is 94.5 cm³/mol. The smallest absolute Gasteiger partial charge is 0.240 e. The molecule has 1 amide bonds. The Morgan fingerprint density at radius 1 is 1.25 bits per heavy atom. The Kier molecular flexibility index (Phi) is 7.48. The zero-order valence-electron chi connectivity index (χ0n) is 13.6. The number of sulfonamides is 1. The molecule has 1 aromatic rings. The summed E-state index contributed by atoms with van der Waals surface area (Å²) in [6, 6.07) is 6.07. The first-order chi connectivity index (χ1) is 11.5. The fourth-order valence-corrected chi connectivity index (χ4v) is 4.03. The molecule has 1 aliphatic heterocycles. The summed E-state index contributed by atoms with van der Waals surface area (Å²) in [7, 11) is -3.60. The van der Waals surface area contributed by atoms with Gasteiger partial charge in [0.2, 0.25) is 15.9 Å². The number of halogens is 1. The van der Waals surface area contributed by atoms with Gasteiger partial charge in [-0.25, -0.2) is 13.1 Å². The highest BCUT2D eigenvalue weighted by atomic mass is 35.5. The maximum atomic E-state index is 12.1. The molecule has 1 aliphatic rings. The molecular formula is C16H24ClN3O3S. The van der Waals surface area contributed by atoms with Crippen LogP contribution in [0.4, 0.5) is 0 Å². The van der Waals surface area contributed by atoms with Crippen LogP contribution >= 0.6 is 11.6 Å². The van der Waals surface area contributed by atoms with Crippen LogP contribution in [0, 0.1) is 5.92 Å². The van der Waals surface area contributed by atoms with Gasteiger partial charge >= 0.3 is 0 Å². The van der Waals surface area contributed by atoms with Crippen molar-refractivity contribution in [1.82, 2.24) is 15.4 Å². The van der Waals surface area contributed by atoms with Crippen LogP contribution in [0.15, 0.2) is 29.2 Å². The van der Waals surface area contributed by atoms with E-state index < -0.39 is 10.0 Å². The third-order valence-corrected chi connectivity index (χ3v) is 5.78. The summed E-state index contributed by atoms with van der Waals surface area (Å²) < 4.78 is 26.6. The van der Waals surface area contributed by atoms with Gasteiger partial charge < -0.3 is 10.6 Å². The fourth-order valence-electron chi connectivity index (χ4n) is 2.70. The average Bonchev–Trinajstić information content (AvgIpc) is 2.58. The van der Waals surface area contributed by atoms with Gasteiger partial charge in [-0.3, -0.25) is 4.79 Å². The Labute approximate surface area is 148 Å². The summed E-state index contributed by atoms with van der Waals surface area (Å²) in [6.45, 7) is 2.47. The molecule has 1 heterocycles. The average molecular weight is 374 g/mol. The molecule has 3 N–H and O–H groups in total. The summed E-state index contributed by atoms with van der Waals surface area (Å²) in [6.07, 6.45) is 3.62. The van der Waals surface area contributed by atoms with E-state index >= 15 is 0 Å². The molecule has 0 saturated carbocycles. The molecule has 24 heavy (non-hydrogen) atoms. The van der Waals surface area contributed by atoms with Crippen LogP contribution in [0.2, 0.25) is 5.02 Å². The number of carbonyl (C=O) groups excluding carboxylic acids is 1. The van der Waals surface area contributed by atoms with Crippen LogP contribution in [-0.2, 0) is 14.8 Å². The molecule has 0 atom stereocenters. The SMILES string of the molecule is O=C(CCC1CCNCC1)NCCNS(=O)(=O)c1cccc(Cl)c1. The van der Waals surface area contributed by atoms with E-state index in [-0.39, 0.29) is 23.9 Å². The molecule has 1 aromatic carbocycles. The molecule has 0 bridgehead atoms. The zero-order chi connectivity index (χ0) is 17.4. The van der Waals surface area contributed by atoms with Gasteiger partial charge in [0.05, 0.1) is 4.90 Å². The highest BCUT2D eigenvalue weighted by Crippen LogP contribution is 2.17. The summed E-state index contributed by atoms with van der Waals surface area (Å²) >= 11 is 5.80. The van der Waals surface area contributed by atoms with Gasteiger partial charge in [0, 0.05) is 24.5 Å². The number of carbonyl (C=O) groups is 1. The zero-order valence-corrected chi connectivity index (χ0v) is 15.1. The van der Waals surface area contributed by atoms with E-state index in [0.717, 1.165) is 32.4 Å². The molecule has 8 heteroatoms. The van der Waals surface area contributed by atoms with Crippen molar-refractivity contribution < 1.29 is 13.2 Å². The van der Waals surface area contributed by atoms with Gasteiger partial charge in [0.15, 0.2) is 0 Å². The van der Waals surface area contributed by atoms with Gasteiger partial charge in [-0.05, 0) is 56.5 Å². The number of nitrogens with one attached hydrogen (secondary N) is 3. The fraction of sp³-hybridized carbons (Fsp3) is 0.562. The standard InChI is InChI=1S/C16H24ClN3O3S/c17-14-2-1-3-15(12-14)24(22,23)20-11-10-19-16(21)5-4-13-6-8-18-9-7-13/h1-3,12-13,18,20H,4-11H2,(H,19,21). The highest BCUT2D eigenvalue weighted by Gasteiger charge is 2.15. The van der Waals surface area contributed by atoms with Crippen molar-refractivity contribution >= 4 is 27.5 Å². The lowest BCUT2D eigenvalue weighted by Crippen LogP contribution is -2.35. The minimum absolute atomic E-state index is 0.0320. The first kappa shape index (κ1) is 19.2. The van der Waals surface area contributed by atoms with Crippen LogP contribution in [0.5, 0.6) is 0 Å². The molecule has 0 spiro atoms. The second-order valence-corrected chi connectivity index (χ2v) is 8.14. The van der Waals surface area contributed by atoms with Crippen LogP contribution in [0.25, 0.3) is 0 Å². The van der Waals surface area contributed by atoms with Gasteiger partial charge in [-0.15, -0.1) is 0 Å². The number of rotatable bonds is 8. The monoisotopic (exact) mass is 373 g/mol. The molecule has 0 unspecified atom stereocenters. The van der Waals surface area contributed by atoms with Gasteiger partial charge in [-0.1, -0.05) is 17.7 Å². The van der Waals surface area contributed by atoms with E-state index in [1.54, 1.807) is 12.1 Å². The maximum Gasteiger partial charge on any atom is 0.240 e. The number of amides is 1. The van der Waals surface area contributed by atoms with E-state index in [1.165, 1.54) is 12.1 Å². The molecular weight excluding hydrogens is 350 g/mol. The van der Waals surface area contributed by atoms with E-state index in [4.69, 9.17) is 11.6 Å². The molecule has 6 nitrogen and oxygen atoms in total. The highest BCUT2D eigenvalue weighted by molar-refractivity contribution is 7.89. The first-order valence-corrected chi connectivity index (χ1v) is 10.1. The normalized spacial score (nSPS) is 16.0. The lowest BCUT2D eigenvalue weighted by molar-refractivity contribution is -0.121. The number of benzene rings is 1. The molecule has 0 aromatic heterocycles. The largest absolute Gasteiger partial charge is 0.355 e. The minimum Gasteiger partial charge on any atom is -0.355 e. The Bertz CT molecular complexity index is 646. The Morgan fingerprint density at radius 3 is 2.71 bits per heavy atom. The molecule has 0 radical (unpaired) electrons. The van der Waals surface area contributed by atoms with Crippen molar-refractivity contribution in [2.45, 2.75) is 30.6 Å². The Balaban J connectivity index is 1.65. The van der Waals surface area contributed by atoms with Crippen molar-refractivity contribution in [2.24, 2.45) is 5.92 Å². The topological polar surface area (TPSA) is 87.3 Å². The molecule has 134 valence electrons. The van der Waals surface area contributed by atoms with Crippen LogP contribution in [0.1, 0.15) is 25.7 Å². The van der Waals surface area contributed by atoms with Crippen molar-refractivity contribution in [3.8, 4) is 0 Å².